The molecule has 1 aromatic rings. The van der Waals surface area contributed by atoms with Gasteiger partial charge >= 0.3 is 0 Å². The minimum Gasteiger partial charge on any atom is -0.493 e. The lowest BCUT2D eigenvalue weighted by Crippen LogP contribution is -2.42. The van der Waals surface area contributed by atoms with Gasteiger partial charge in [0.1, 0.15) is 11.6 Å². The van der Waals surface area contributed by atoms with Crippen LogP contribution in [0.1, 0.15) is 30.6 Å². The number of halogens is 1. The first kappa shape index (κ1) is 13.5. The molecule has 19 heavy (non-hydrogen) atoms. The van der Waals surface area contributed by atoms with E-state index < -0.39 is 11.9 Å². The number of hydrogen-bond acceptors (Lipinski definition) is 3. The minimum atomic E-state index is -0.655. The summed E-state index contributed by atoms with van der Waals surface area (Å²) in [5, 5.41) is 2.68. The van der Waals surface area contributed by atoms with Gasteiger partial charge in [-0.15, -0.1) is 0 Å². The molecule has 1 aromatic carbocycles. The molecule has 1 unspecified atom stereocenters. The molecule has 1 heterocycles. The highest BCUT2D eigenvalue weighted by Crippen LogP contribution is 2.25. The molecule has 4 nitrogen and oxygen atoms in total. The molecule has 1 atom stereocenters. The number of ketones is 1. The fourth-order valence-corrected chi connectivity index (χ4v) is 1.90. The Balaban J connectivity index is 2.25. The molecular weight excluding hydrogens is 249 g/mol. The average Bonchev–Trinajstić information content (AvgIpc) is 2.51. The SMILES string of the molecule is CC(C)C(=O)NC1CCOc2ccc(F)cc2C1=O. The Labute approximate surface area is 110 Å². The number of carbonyl (C=O) groups excluding carboxylic acids is 2. The van der Waals surface area contributed by atoms with Crippen molar-refractivity contribution in [3.05, 3.63) is 29.6 Å². The highest BCUT2D eigenvalue weighted by Gasteiger charge is 2.28. The second-order valence-electron chi connectivity index (χ2n) is 4.86. The van der Waals surface area contributed by atoms with E-state index in [2.05, 4.69) is 5.32 Å². The first-order valence-electron chi connectivity index (χ1n) is 6.26. The molecule has 1 N–H and O–H groups in total. The number of Topliss-reactive ketones (excluding diaryl/α,β-unsaturated/α-hetero) is 1. The Morgan fingerprint density at radius 1 is 1.47 bits per heavy atom. The van der Waals surface area contributed by atoms with Crippen molar-refractivity contribution in [2.75, 3.05) is 6.61 Å². The summed E-state index contributed by atoms with van der Waals surface area (Å²) < 4.78 is 18.6. The first-order chi connectivity index (χ1) is 8.99. The normalized spacial score (nSPS) is 18.5. The number of hydrogen-bond donors (Lipinski definition) is 1. The number of rotatable bonds is 2. The van der Waals surface area contributed by atoms with Crippen LogP contribution in [0.3, 0.4) is 0 Å². The Bertz CT molecular complexity index is 513. The van der Waals surface area contributed by atoms with Crippen molar-refractivity contribution in [1.82, 2.24) is 5.32 Å². The quantitative estimate of drug-likeness (QED) is 0.889. The van der Waals surface area contributed by atoms with Crippen molar-refractivity contribution in [2.45, 2.75) is 26.3 Å². The van der Waals surface area contributed by atoms with Gasteiger partial charge in [-0.05, 0) is 18.2 Å². The number of benzene rings is 1. The minimum absolute atomic E-state index is 0.187. The predicted molar refractivity (Wildman–Crippen MR) is 67.6 cm³/mol. The summed E-state index contributed by atoms with van der Waals surface area (Å²) in [5.41, 5.74) is 0.187. The van der Waals surface area contributed by atoms with E-state index in [9.17, 15) is 14.0 Å². The molecule has 1 aliphatic heterocycles. The molecule has 0 spiro atoms. The summed E-state index contributed by atoms with van der Waals surface area (Å²) in [5.74, 6) is -0.831. The van der Waals surface area contributed by atoms with E-state index in [-0.39, 0.29) is 23.2 Å². The first-order valence-corrected chi connectivity index (χ1v) is 6.26. The van der Waals surface area contributed by atoms with Gasteiger partial charge in [-0.1, -0.05) is 13.8 Å². The smallest absolute Gasteiger partial charge is 0.223 e. The molecule has 102 valence electrons. The van der Waals surface area contributed by atoms with Gasteiger partial charge in [-0.3, -0.25) is 9.59 Å². The molecule has 0 radical (unpaired) electrons. The maximum Gasteiger partial charge on any atom is 0.223 e. The Morgan fingerprint density at radius 3 is 2.89 bits per heavy atom. The Morgan fingerprint density at radius 2 is 2.21 bits per heavy atom. The average molecular weight is 265 g/mol. The standard InChI is InChI=1S/C14H16FNO3/c1-8(2)14(18)16-11-5-6-19-12-4-3-9(15)7-10(12)13(11)17/h3-4,7-8,11H,5-6H2,1-2H3,(H,16,18). The topological polar surface area (TPSA) is 55.4 Å². The van der Waals surface area contributed by atoms with Gasteiger partial charge in [-0.2, -0.15) is 0 Å². The van der Waals surface area contributed by atoms with Crippen molar-refractivity contribution in [1.29, 1.82) is 0 Å². The highest BCUT2D eigenvalue weighted by molar-refractivity contribution is 6.04. The molecular formula is C14H16FNO3. The van der Waals surface area contributed by atoms with Crippen LogP contribution < -0.4 is 10.1 Å². The van der Waals surface area contributed by atoms with Crippen LogP contribution >= 0.6 is 0 Å². The van der Waals surface area contributed by atoms with Crippen molar-refractivity contribution >= 4 is 11.7 Å². The van der Waals surface area contributed by atoms with E-state index in [4.69, 9.17) is 4.74 Å². The molecule has 0 aliphatic carbocycles. The van der Waals surface area contributed by atoms with E-state index in [1.165, 1.54) is 12.1 Å². The molecule has 0 saturated carbocycles. The fourth-order valence-electron chi connectivity index (χ4n) is 1.90. The van der Waals surface area contributed by atoms with Crippen LogP contribution in [0.4, 0.5) is 4.39 Å². The van der Waals surface area contributed by atoms with Crippen LogP contribution in [0.5, 0.6) is 5.75 Å². The third kappa shape index (κ3) is 2.92. The monoisotopic (exact) mass is 265 g/mol. The predicted octanol–water partition coefficient (Wildman–Crippen LogP) is 1.93. The van der Waals surface area contributed by atoms with Gasteiger partial charge in [-0.25, -0.2) is 4.39 Å². The number of fused-ring (bicyclic) bond motifs is 1. The van der Waals surface area contributed by atoms with Gasteiger partial charge in [0.25, 0.3) is 0 Å². The van der Waals surface area contributed by atoms with E-state index in [0.29, 0.717) is 18.8 Å². The molecule has 1 amide bonds. The van der Waals surface area contributed by atoms with Crippen molar-refractivity contribution in [3.8, 4) is 5.75 Å². The van der Waals surface area contributed by atoms with E-state index >= 15 is 0 Å². The lowest BCUT2D eigenvalue weighted by molar-refractivity contribution is -0.124. The second-order valence-corrected chi connectivity index (χ2v) is 4.86. The van der Waals surface area contributed by atoms with Crippen LogP contribution in [0.2, 0.25) is 0 Å². The lowest BCUT2D eigenvalue weighted by atomic mass is 10.0. The van der Waals surface area contributed by atoms with Gasteiger partial charge in [0.05, 0.1) is 18.2 Å². The van der Waals surface area contributed by atoms with Crippen molar-refractivity contribution < 1.29 is 18.7 Å². The van der Waals surface area contributed by atoms with Gasteiger partial charge < -0.3 is 10.1 Å². The van der Waals surface area contributed by atoms with E-state index in [0.717, 1.165) is 6.07 Å². The van der Waals surface area contributed by atoms with Crippen molar-refractivity contribution in [2.24, 2.45) is 5.92 Å². The number of amides is 1. The lowest BCUT2D eigenvalue weighted by Gasteiger charge is -2.16. The zero-order valence-corrected chi connectivity index (χ0v) is 10.9. The zero-order chi connectivity index (χ0) is 14.0. The molecule has 0 saturated heterocycles. The van der Waals surface area contributed by atoms with Crippen molar-refractivity contribution in [3.63, 3.8) is 0 Å². The number of carbonyl (C=O) groups is 2. The molecule has 0 fully saturated rings. The van der Waals surface area contributed by atoms with Crippen LogP contribution in [0.25, 0.3) is 0 Å². The molecule has 0 bridgehead atoms. The van der Waals surface area contributed by atoms with Gasteiger partial charge in [0.2, 0.25) is 5.91 Å². The second kappa shape index (κ2) is 5.38. The summed E-state index contributed by atoms with van der Waals surface area (Å²) in [6.45, 7) is 3.81. The maximum absolute atomic E-state index is 13.2. The van der Waals surface area contributed by atoms with Crippen LogP contribution in [-0.4, -0.2) is 24.3 Å². The molecule has 0 aromatic heterocycles. The van der Waals surface area contributed by atoms with Gasteiger partial charge in [0.15, 0.2) is 5.78 Å². The molecule has 2 rings (SSSR count). The third-order valence-corrected chi connectivity index (χ3v) is 3.03. The maximum atomic E-state index is 13.2. The number of ether oxygens (including phenoxy) is 1. The highest BCUT2D eigenvalue weighted by atomic mass is 19.1. The summed E-state index contributed by atoms with van der Waals surface area (Å²) in [6, 6.07) is 3.18. The van der Waals surface area contributed by atoms with Crippen LogP contribution in [0, 0.1) is 11.7 Å². The fraction of sp³-hybridized carbons (Fsp3) is 0.429. The van der Waals surface area contributed by atoms with E-state index in [1.807, 2.05) is 0 Å². The third-order valence-electron chi connectivity index (χ3n) is 3.03. The van der Waals surface area contributed by atoms with Crippen LogP contribution in [0.15, 0.2) is 18.2 Å². The largest absolute Gasteiger partial charge is 0.493 e. The molecule has 5 heteroatoms. The Kier molecular flexibility index (Phi) is 3.83. The van der Waals surface area contributed by atoms with Gasteiger partial charge in [0, 0.05) is 12.3 Å². The zero-order valence-electron chi connectivity index (χ0n) is 10.9. The Hall–Kier alpha value is -1.91. The summed E-state index contributed by atoms with van der Waals surface area (Å²) in [6.07, 6.45) is 0.383. The molecule has 1 aliphatic rings. The summed E-state index contributed by atoms with van der Waals surface area (Å²) in [7, 11) is 0. The van der Waals surface area contributed by atoms with E-state index in [1.54, 1.807) is 13.8 Å². The van der Waals surface area contributed by atoms with Crippen LogP contribution in [-0.2, 0) is 4.79 Å². The summed E-state index contributed by atoms with van der Waals surface area (Å²) in [4.78, 5) is 24.0. The summed E-state index contributed by atoms with van der Waals surface area (Å²) >= 11 is 0. The number of nitrogens with one attached hydrogen (secondary N) is 1.